The van der Waals surface area contributed by atoms with Crippen molar-refractivity contribution in [3.63, 3.8) is 0 Å². The Balaban J connectivity index is 2.39. The van der Waals surface area contributed by atoms with Crippen LogP contribution in [0.5, 0.6) is 0 Å². The van der Waals surface area contributed by atoms with Crippen LogP contribution >= 0.6 is 11.6 Å². The molecule has 84 valence electrons. The Bertz CT molecular complexity index is 464. The molecule has 0 aliphatic carbocycles. The van der Waals surface area contributed by atoms with Crippen LogP contribution in [0.15, 0.2) is 18.2 Å². The summed E-state index contributed by atoms with van der Waals surface area (Å²) in [6.07, 6.45) is 0. The summed E-state index contributed by atoms with van der Waals surface area (Å²) >= 11 is 5.60. The van der Waals surface area contributed by atoms with Gasteiger partial charge in [-0.15, -0.1) is 0 Å². The first-order chi connectivity index (χ1) is 7.59. The Morgan fingerprint density at radius 1 is 1.38 bits per heavy atom. The number of piperazine rings is 1. The van der Waals surface area contributed by atoms with Crippen LogP contribution in [0, 0.1) is 5.82 Å². The Morgan fingerprint density at radius 2 is 2.12 bits per heavy atom. The van der Waals surface area contributed by atoms with E-state index in [1.54, 1.807) is 0 Å². The molecule has 16 heavy (non-hydrogen) atoms. The highest BCUT2D eigenvalue weighted by molar-refractivity contribution is 6.31. The molecule has 1 N–H and O–H groups in total. The molecule has 2 rings (SSSR count). The highest BCUT2D eigenvalue weighted by Gasteiger charge is 2.26. The third-order valence-corrected chi connectivity index (χ3v) is 2.55. The average Bonchev–Trinajstić information content (AvgIpc) is 2.26. The number of hydrogen-bond donors (Lipinski definition) is 1. The van der Waals surface area contributed by atoms with Crippen molar-refractivity contribution in [1.29, 1.82) is 0 Å². The topological polar surface area (TPSA) is 49.4 Å². The lowest BCUT2D eigenvalue weighted by Gasteiger charge is -2.27. The van der Waals surface area contributed by atoms with Crippen molar-refractivity contribution in [1.82, 2.24) is 5.32 Å². The summed E-state index contributed by atoms with van der Waals surface area (Å²) in [6.45, 7) is -0.305. The molecule has 0 saturated carbocycles. The molecule has 0 bridgehead atoms. The number of carbonyl (C=O) groups excluding carboxylic acids is 2. The molecule has 0 atom stereocenters. The maximum atomic E-state index is 13.6. The standard InChI is InChI=1S/C10H8ClFN2O2/c11-6-2-1-3-7(10(6)12)14-5-8(15)13-4-9(14)16/h1-3H,4-5H2,(H,13,15). The van der Waals surface area contributed by atoms with E-state index in [-0.39, 0.29) is 35.6 Å². The normalized spacial score (nSPS) is 16.2. The molecule has 2 amide bonds. The van der Waals surface area contributed by atoms with Gasteiger partial charge in [-0.3, -0.25) is 14.5 Å². The first-order valence-corrected chi connectivity index (χ1v) is 4.98. The van der Waals surface area contributed by atoms with Crippen LogP contribution in [0.25, 0.3) is 0 Å². The Morgan fingerprint density at radius 3 is 2.88 bits per heavy atom. The molecule has 1 aromatic rings. The molecule has 1 aromatic carbocycles. The SMILES string of the molecule is O=C1CN(c2cccc(Cl)c2F)C(=O)CN1. The largest absolute Gasteiger partial charge is 0.345 e. The van der Waals surface area contributed by atoms with Gasteiger partial charge in [-0.2, -0.15) is 0 Å². The Labute approximate surface area is 96.0 Å². The van der Waals surface area contributed by atoms with Crippen LogP contribution < -0.4 is 10.2 Å². The maximum absolute atomic E-state index is 13.6. The summed E-state index contributed by atoms with van der Waals surface area (Å²) in [5.74, 6) is -1.37. The lowest BCUT2D eigenvalue weighted by Crippen LogP contribution is -2.52. The predicted molar refractivity (Wildman–Crippen MR) is 56.8 cm³/mol. The summed E-state index contributed by atoms with van der Waals surface area (Å²) in [4.78, 5) is 23.7. The van der Waals surface area contributed by atoms with E-state index in [1.807, 2.05) is 0 Å². The van der Waals surface area contributed by atoms with E-state index in [9.17, 15) is 14.0 Å². The number of benzene rings is 1. The van der Waals surface area contributed by atoms with Gasteiger partial charge in [0, 0.05) is 0 Å². The molecule has 0 radical (unpaired) electrons. The molecule has 1 aliphatic heterocycles. The van der Waals surface area contributed by atoms with Crippen LogP contribution in [-0.2, 0) is 9.59 Å². The fourth-order valence-corrected chi connectivity index (χ4v) is 1.65. The van der Waals surface area contributed by atoms with Crippen LogP contribution in [-0.4, -0.2) is 24.9 Å². The fraction of sp³-hybridized carbons (Fsp3) is 0.200. The van der Waals surface area contributed by atoms with E-state index in [2.05, 4.69) is 5.32 Å². The third kappa shape index (κ3) is 1.86. The predicted octanol–water partition coefficient (Wildman–Crippen LogP) is 0.942. The van der Waals surface area contributed by atoms with Crippen LogP contribution in [0.3, 0.4) is 0 Å². The number of nitrogens with one attached hydrogen (secondary N) is 1. The van der Waals surface area contributed by atoms with Gasteiger partial charge in [0.15, 0.2) is 5.82 Å². The smallest absolute Gasteiger partial charge is 0.246 e. The van der Waals surface area contributed by atoms with E-state index in [0.29, 0.717) is 0 Å². The average molecular weight is 243 g/mol. The quantitative estimate of drug-likeness (QED) is 0.797. The summed E-state index contributed by atoms with van der Waals surface area (Å²) in [6, 6.07) is 4.33. The van der Waals surface area contributed by atoms with Gasteiger partial charge in [-0.05, 0) is 12.1 Å². The van der Waals surface area contributed by atoms with E-state index < -0.39 is 5.82 Å². The highest BCUT2D eigenvalue weighted by Crippen LogP contribution is 2.26. The highest BCUT2D eigenvalue weighted by atomic mass is 35.5. The van der Waals surface area contributed by atoms with Crippen molar-refractivity contribution >= 4 is 29.1 Å². The summed E-state index contributed by atoms with van der Waals surface area (Å²) < 4.78 is 13.6. The maximum Gasteiger partial charge on any atom is 0.246 e. The molecule has 0 unspecified atom stereocenters. The summed E-state index contributed by atoms with van der Waals surface area (Å²) in [5.41, 5.74) is 0.0346. The van der Waals surface area contributed by atoms with Gasteiger partial charge in [0.2, 0.25) is 11.8 Å². The number of hydrogen-bond acceptors (Lipinski definition) is 2. The van der Waals surface area contributed by atoms with Gasteiger partial charge in [-0.1, -0.05) is 17.7 Å². The van der Waals surface area contributed by atoms with Crippen molar-refractivity contribution in [2.45, 2.75) is 0 Å². The number of nitrogens with zero attached hydrogens (tertiary/aromatic N) is 1. The second kappa shape index (κ2) is 4.09. The number of anilines is 1. The van der Waals surface area contributed by atoms with Gasteiger partial charge in [0.05, 0.1) is 17.3 Å². The molecule has 4 nitrogen and oxygen atoms in total. The minimum Gasteiger partial charge on any atom is -0.345 e. The number of carbonyl (C=O) groups is 2. The van der Waals surface area contributed by atoms with Gasteiger partial charge in [0.25, 0.3) is 0 Å². The fourth-order valence-electron chi connectivity index (χ4n) is 1.48. The number of halogens is 2. The van der Waals surface area contributed by atoms with Crippen LogP contribution in [0.4, 0.5) is 10.1 Å². The van der Waals surface area contributed by atoms with Gasteiger partial charge in [0.1, 0.15) is 6.54 Å². The molecule has 6 heteroatoms. The lowest BCUT2D eigenvalue weighted by atomic mass is 10.2. The molecular formula is C10H8ClFN2O2. The van der Waals surface area contributed by atoms with Crippen LogP contribution in [0.2, 0.25) is 5.02 Å². The summed E-state index contributed by atoms with van der Waals surface area (Å²) in [5, 5.41) is 2.31. The lowest BCUT2D eigenvalue weighted by molar-refractivity contribution is -0.128. The first kappa shape index (κ1) is 10.9. The zero-order chi connectivity index (χ0) is 11.7. The summed E-state index contributed by atoms with van der Waals surface area (Å²) in [7, 11) is 0. The van der Waals surface area contributed by atoms with Crippen molar-refractivity contribution in [3.05, 3.63) is 29.0 Å². The Kier molecular flexibility index (Phi) is 2.78. The molecular weight excluding hydrogens is 235 g/mol. The van der Waals surface area contributed by atoms with Gasteiger partial charge >= 0.3 is 0 Å². The zero-order valence-corrected chi connectivity index (χ0v) is 8.92. The zero-order valence-electron chi connectivity index (χ0n) is 8.17. The van der Waals surface area contributed by atoms with Gasteiger partial charge < -0.3 is 5.32 Å². The van der Waals surface area contributed by atoms with E-state index >= 15 is 0 Å². The second-order valence-electron chi connectivity index (χ2n) is 3.33. The van der Waals surface area contributed by atoms with Gasteiger partial charge in [-0.25, -0.2) is 4.39 Å². The van der Waals surface area contributed by atoms with E-state index in [4.69, 9.17) is 11.6 Å². The Hall–Kier alpha value is -1.62. The van der Waals surface area contributed by atoms with Crippen molar-refractivity contribution < 1.29 is 14.0 Å². The minimum atomic E-state index is -0.688. The van der Waals surface area contributed by atoms with Crippen LogP contribution in [0.1, 0.15) is 0 Å². The van der Waals surface area contributed by atoms with Crippen molar-refractivity contribution in [2.24, 2.45) is 0 Å². The van der Waals surface area contributed by atoms with E-state index in [0.717, 1.165) is 4.90 Å². The molecule has 0 spiro atoms. The molecule has 1 saturated heterocycles. The van der Waals surface area contributed by atoms with Crippen molar-refractivity contribution in [2.75, 3.05) is 18.0 Å². The molecule has 0 aromatic heterocycles. The monoisotopic (exact) mass is 242 g/mol. The number of rotatable bonds is 1. The number of amides is 2. The third-order valence-electron chi connectivity index (χ3n) is 2.26. The molecule has 1 fully saturated rings. The molecule has 1 heterocycles. The first-order valence-electron chi connectivity index (χ1n) is 4.60. The van der Waals surface area contributed by atoms with Crippen molar-refractivity contribution in [3.8, 4) is 0 Å². The second-order valence-corrected chi connectivity index (χ2v) is 3.74. The minimum absolute atomic E-state index is 0.0346. The molecule has 1 aliphatic rings. The van der Waals surface area contributed by atoms with E-state index in [1.165, 1.54) is 18.2 Å².